The molecule has 1 aliphatic heterocycles. The van der Waals surface area contributed by atoms with Crippen LogP contribution in [-0.4, -0.2) is 35.3 Å². The number of likely N-dealkylation sites (tertiary alicyclic amines) is 1. The second-order valence-electron chi connectivity index (χ2n) is 9.81. The Morgan fingerprint density at radius 3 is 2.24 bits per heavy atom. The lowest BCUT2D eigenvalue weighted by atomic mass is 9.96. The Morgan fingerprint density at radius 2 is 1.57 bits per heavy atom. The van der Waals surface area contributed by atoms with Gasteiger partial charge in [-0.15, -0.1) is 0 Å². The number of aryl methyl sites for hydroxylation is 1. The SMILES string of the molecule is NCc1ccc(CNC(=O)[C@@H]2C[C@@H](Cc3ccc(Cl)cc3)CN2C(=O)[C@H](N)CCc2ccccc2)cc1. The minimum absolute atomic E-state index is 0.148. The standard InChI is InChI=1S/C30H35ClN4O2/c31-26-13-10-22(11-14-26)16-25-17-28(29(36)34-19-24-8-6-23(18-32)7-9-24)35(20-25)30(37)27(33)15-12-21-4-2-1-3-5-21/h1-11,13-14,25,27-28H,12,15-20,32-33H2,(H,34,36)/t25-,27-,28+/m1/s1. The molecule has 0 spiro atoms. The molecule has 0 unspecified atom stereocenters. The van der Waals surface area contributed by atoms with E-state index in [1.165, 1.54) is 0 Å². The molecule has 1 fully saturated rings. The van der Waals surface area contributed by atoms with Gasteiger partial charge in [-0.25, -0.2) is 0 Å². The summed E-state index contributed by atoms with van der Waals surface area (Å²) in [4.78, 5) is 28.5. The van der Waals surface area contributed by atoms with E-state index in [9.17, 15) is 9.59 Å². The molecular weight excluding hydrogens is 484 g/mol. The van der Waals surface area contributed by atoms with E-state index < -0.39 is 12.1 Å². The Bertz CT molecular complexity index is 1170. The van der Waals surface area contributed by atoms with Gasteiger partial charge in [-0.3, -0.25) is 9.59 Å². The molecule has 2 amide bonds. The molecule has 1 heterocycles. The summed E-state index contributed by atoms with van der Waals surface area (Å²) >= 11 is 6.04. The second-order valence-corrected chi connectivity index (χ2v) is 10.2. The molecule has 0 aromatic heterocycles. The minimum atomic E-state index is -0.659. The van der Waals surface area contributed by atoms with E-state index in [1.807, 2.05) is 78.9 Å². The molecule has 7 heteroatoms. The summed E-state index contributed by atoms with van der Waals surface area (Å²) in [5, 5.41) is 3.72. The highest BCUT2D eigenvalue weighted by Gasteiger charge is 2.40. The second kappa shape index (κ2) is 12.9. The summed E-state index contributed by atoms with van der Waals surface area (Å²) in [5.74, 6) is -0.155. The maximum atomic E-state index is 13.5. The van der Waals surface area contributed by atoms with Gasteiger partial charge in [-0.2, -0.15) is 0 Å². The van der Waals surface area contributed by atoms with Gasteiger partial charge in [0.2, 0.25) is 11.8 Å². The van der Waals surface area contributed by atoms with Crippen LogP contribution in [0, 0.1) is 5.92 Å². The van der Waals surface area contributed by atoms with E-state index >= 15 is 0 Å². The van der Waals surface area contributed by atoms with E-state index in [0.717, 1.165) is 28.7 Å². The van der Waals surface area contributed by atoms with Crippen LogP contribution in [0.1, 0.15) is 35.1 Å². The first kappa shape index (κ1) is 26.9. The summed E-state index contributed by atoms with van der Waals surface area (Å²) in [7, 11) is 0. The molecule has 0 bridgehead atoms. The normalized spacial score (nSPS) is 18.0. The van der Waals surface area contributed by atoms with Crippen molar-refractivity contribution in [2.45, 2.75) is 50.9 Å². The molecule has 3 atom stereocenters. The monoisotopic (exact) mass is 518 g/mol. The first-order valence-electron chi connectivity index (χ1n) is 12.8. The smallest absolute Gasteiger partial charge is 0.243 e. The summed E-state index contributed by atoms with van der Waals surface area (Å²) in [6.45, 7) is 1.37. The first-order valence-corrected chi connectivity index (χ1v) is 13.2. The van der Waals surface area contributed by atoms with E-state index in [2.05, 4.69) is 5.32 Å². The zero-order valence-corrected chi connectivity index (χ0v) is 21.7. The van der Waals surface area contributed by atoms with Crippen molar-refractivity contribution < 1.29 is 9.59 Å². The van der Waals surface area contributed by atoms with Crippen LogP contribution in [-0.2, 0) is 35.5 Å². The average molecular weight is 519 g/mol. The molecule has 5 N–H and O–H groups in total. The number of benzene rings is 3. The van der Waals surface area contributed by atoms with Crippen LogP contribution in [0.2, 0.25) is 5.02 Å². The quantitative estimate of drug-likeness (QED) is 0.379. The van der Waals surface area contributed by atoms with Crippen LogP contribution in [0.15, 0.2) is 78.9 Å². The number of halogens is 1. The molecule has 3 aromatic carbocycles. The Balaban J connectivity index is 1.43. The van der Waals surface area contributed by atoms with Crippen molar-refractivity contribution in [1.82, 2.24) is 10.2 Å². The van der Waals surface area contributed by atoms with Crippen LogP contribution in [0.4, 0.5) is 0 Å². The predicted molar refractivity (Wildman–Crippen MR) is 148 cm³/mol. The van der Waals surface area contributed by atoms with Crippen molar-refractivity contribution >= 4 is 23.4 Å². The van der Waals surface area contributed by atoms with Gasteiger partial charge in [0.1, 0.15) is 6.04 Å². The number of rotatable bonds is 10. The Morgan fingerprint density at radius 1 is 0.919 bits per heavy atom. The van der Waals surface area contributed by atoms with Crippen LogP contribution >= 0.6 is 11.6 Å². The fourth-order valence-electron chi connectivity index (χ4n) is 4.92. The van der Waals surface area contributed by atoms with Gasteiger partial charge in [0.25, 0.3) is 0 Å². The van der Waals surface area contributed by atoms with Crippen molar-refractivity contribution in [1.29, 1.82) is 0 Å². The number of hydrogen-bond donors (Lipinski definition) is 3. The molecule has 0 aliphatic carbocycles. The van der Waals surface area contributed by atoms with E-state index in [-0.39, 0.29) is 17.7 Å². The van der Waals surface area contributed by atoms with Gasteiger partial charge in [-0.05, 0) is 66.0 Å². The maximum Gasteiger partial charge on any atom is 0.243 e. The largest absolute Gasteiger partial charge is 0.350 e. The fourth-order valence-corrected chi connectivity index (χ4v) is 5.05. The topological polar surface area (TPSA) is 101 Å². The van der Waals surface area contributed by atoms with Crippen LogP contribution < -0.4 is 16.8 Å². The summed E-state index contributed by atoms with van der Waals surface area (Å²) in [6, 6.07) is 24.4. The van der Waals surface area contributed by atoms with Crippen LogP contribution in [0.3, 0.4) is 0 Å². The highest BCUT2D eigenvalue weighted by atomic mass is 35.5. The lowest BCUT2D eigenvalue weighted by Crippen LogP contribution is -2.51. The molecule has 0 saturated carbocycles. The first-order chi connectivity index (χ1) is 17.9. The fraction of sp³-hybridized carbons (Fsp3) is 0.333. The number of carbonyl (C=O) groups is 2. The average Bonchev–Trinajstić information content (AvgIpc) is 3.36. The van der Waals surface area contributed by atoms with Gasteiger partial charge in [0, 0.05) is 24.7 Å². The Hall–Kier alpha value is -3.19. The van der Waals surface area contributed by atoms with E-state index in [0.29, 0.717) is 43.9 Å². The maximum absolute atomic E-state index is 13.5. The van der Waals surface area contributed by atoms with E-state index in [1.54, 1.807) is 4.90 Å². The highest BCUT2D eigenvalue weighted by Crippen LogP contribution is 2.28. The van der Waals surface area contributed by atoms with Crippen molar-refractivity contribution in [2.24, 2.45) is 17.4 Å². The predicted octanol–water partition coefficient (Wildman–Crippen LogP) is 3.83. The zero-order chi connectivity index (χ0) is 26.2. The number of carbonyl (C=O) groups excluding carboxylic acids is 2. The molecule has 1 saturated heterocycles. The number of amides is 2. The van der Waals surface area contributed by atoms with Crippen molar-refractivity contribution in [3.8, 4) is 0 Å². The van der Waals surface area contributed by atoms with Crippen LogP contribution in [0.25, 0.3) is 0 Å². The number of nitrogens with zero attached hydrogens (tertiary/aromatic N) is 1. The van der Waals surface area contributed by atoms with Crippen LogP contribution in [0.5, 0.6) is 0 Å². The molecule has 1 aliphatic rings. The Labute approximate surface area is 224 Å². The molecule has 4 rings (SSSR count). The third kappa shape index (κ3) is 7.41. The molecule has 6 nitrogen and oxygen atoms in total. The van der Waals surface area contributed by atoms with E-state index in [4.69, 9.17) is 23.1 Å². The van der Waals surface area contributed by atoms with Gasteiger partial charge in [-0.1, -0.05) is 78.3 Å². The van der Waals surface area contributed by atoms with Crippen molar-refractivity contribution in [3.63, 3.8) is 0 Å². The highest BCUT2D eigenvalue weighted by molar-refractivity contribution is 6.30. The molecular formula is C30H35ClN4O2. The zero-order valence-electron chi connectivity index (χ0n) is 21.0. The number of hydrogen-bond acceptors (Lipinski definition) is 4. The third-order valence-corrected chi connectivity index (χ3v) is 7.29. The van der Waals surface area contributed by atoms with Crippen molar-refractivity contribution in [2.75, 3.05) is 6.54 Å². The number of nitrogens with two attached hydrogens (primary N) is 2. The Kier molecular flexibility index (Phi) is 9.34. The minimum Gasteiger partial charge on any atom is -0.350 e. The van der Waals surface area contributed by atoms with Gasteiger partial charge >= 0.3 is 0 Å². The lowest BCUT2D eigenvalue weighted by Gasteiger charge is -2.27. The van der Waals surface area contributed by atoms with Gasteiger partial charge in [0.05, 0.1) is 6.04 Å². The van der Waals surface area contributed by atoms with Gasteiger partial charge < -0.3 is 21.7 Å². The lowest BCUT2D eigenvalue weighted by molar-refractivity contribution is -0.139. The van der Waals surface area contributed by atoms with Gasteiger partial charge in [0.15, 0.2) is 0 Å². The summed E-state index contributed by atoms with van der Waals surface area (Å²) in [6.07, 6.45) is 2.61. The molecule has 37 heavy (non-hydrogen) atoms. The molecule has 3 aromatic rings. The summed E-state index contributed by atoms with van der Waals surface area (Å²) < 4.78 is 0. The third-order valence-electron chi connectivity index (χ3n) is 7.04. The molecule has 194 valence electrons. The molecule has 0 radical (unpaired) electrons. The summed E-state index contributed by atoms with van der Waals surface area (Å²) in [5.41, 5.74) is 16.3. The number of nitrogens with one attached hydrogen (secondary N) is 1. The van der Waals surface area contributed by atoms with Crippen molar-refractivity contribution in [3.05, 3.63) is 106 Å².